The standard InChI is InChI=1S/C11H20O3.C9H18O2/c1-7-5-8(2)13-10-6-12-9(3)14-11(7,10)4;1-6-4-7(2)11-9(5-10)8(6)3/h7-10H,5-6H2,1-4H3;6-10H,4-5H2,1-3H3. The molecule has 9 atom stereocenters. The van der Waals surface area contributed by atoms with Crippen molar-refractivity contribution in [1.82, 2.24) is 0 Å². The van der Waals surface area contributed by atoms with Crippen LogP contribution in [0.5, 0.6) is 0 Å². The van der Waals surface area contributed by atoms with Crippen molar-refractivity contribution in [2.24, 2.45) is 17.8 Å². The van der Waals surface area contributed by atoms with Crippen LogP contribution in [0.2, 0.25) is 0 Å². The zero-order valence-electron chi connectivity index (χ0n) is 17.0. The first-order chi connectivity index (χ1) is 11.7. The molecule has 0 aromatic heterocycles. The third-order valence-corrected chi connectivity index (χ3v) is 6.38. The maximum atomic E-state index is 8.97. The second-order valence-corrected chi connectivity index (χ2v) is 8.51. The Hall–Kier alpha value is -0.200. The maximum Gasteiger partial charge on any atom is 0.155 e. The monoisotopic (exact) mass is 358 g/mol. The van der Waals surface area contributed by atoms with Gasteiger partial charge in [0, 0.05) is 0 Å². The van der Waals surface area contributed by atoms with Crippen molar-refractivity contribution in [2.45, 2.75) is 97.6 Å². The minimum atomic E-state index is -0.163. The number of rotatable bonds is 1. The van der Waals surface area contributed by atoms with Gasteiger partial charge in [0.25, 0.3) is 0 Å². The lowest BCUT2D eigenvalue weighted by atomic mass is 9.79. The van der Waals surface area contributed by atoms with Gasteiger partial charge in [0.1, 0.15) is 6.10 Å². The van der Waals surface area contributed by atoms with E-state index >= 15 is 0 Å². The van der Waals surface area contributed by atoms with Crippen molar-refractivity contribution >= 4 is 0 Å². The number of ether oxygens (including phenoxy) is 4. The topological polar surface area (TPSA) is 57.2 Å². The molecule has 0 amide bonds. The number of aliphatic hydroxyl groups excluding tert-OH is 1. The molecule has 1 N–H and O–H groups in total. The van der Waals surface area contributed by atoms with Gasteiger partial charge in [0.15, 0.2) is 6.29 Å². The van der Waals surface area contributed by atoms with Crippen LogP contribution in [0.1, 0.15) is 61.3 Å². The van der Waals surface area contributed by atoms with Crippen molar-refractivity contribution in [3.8, 4) is 0 Å². The van der Waals surface area contributed by atoms with Crippen molar-refractivity contribution in [3.05, 3.63) is 0 Å². The molecule has 0 bridgehead atoms. The molecule has 5 heteroatoms. The normalized spacial score (nSPS) is 50.4. The van der Waals surface area contributed by atoms with Crippen LogP contribution in [0, 0.1) is 17.8 Å². The molecule has 25 heavy (non-hydrogen) atoms. The van der Waals surface area contributed by atoms with E-state index in [1.165, 1.54) is 0 Å². The molecule has 0 radical (unpaired) electrons. The Balaban J connectivity index is 0.000000186. The van der Waals surface area contributed by atoms with E-state index in [4.69, 9.17) is 24.1 Å². The van der Waals surface area contributed by atoms with Crippen molar-refractivity contribution in [1.29, 1.82) is 0 Å². The molecule has 9 unspecified atom stereocenters. The fraction of sp³-hybridized carbons (Fsp3) is 1.00. The Morgan fingerprint density at radius 3 is 2.24 bits per heavy atom. The minimum absolute atomic E-state index is 0.0637. The van der Waals surface area contributed by atoms with Gasteiger partial charge < -0.3 is 24.1 Å². The van der Waals surface area contributed by atoms with Gasteiger partial charge in [0.2, 0.25) is 0 Å². The van der Waals surface area contributed by atoms with Crippen molar-refractivity contribution < 1.29 is 24.1 Å². The first kappa shape index (κ1) is 21.1. The molecule has 5 nitrogen and oxygen atoms in total. The molecule has 3 aliphatic heterocycles. The molecule has 3 saturated heterocycles. The number of fused-ring (bicyclic) bond motifs is 1. The van der Waals surface area contributed by atoms with Crippen LogP contribution in [0.3, 0.4) is 0 Å². The zero-order chi connectivity index (χ0) is 18.8. The van der Waals surface area contributed by atoms with Crippen LogP contribution in [0.4, 0.5) is 0 Å². The second-order valence-electron chi connectivity index (χ2n) is 8.51. The predicted octanol–water partition coefficient (Wildman–Crippen LogP) is 3.38. The highest BCUT2D eigenvalue weighted by Crippen LogP contribution is 2.40. The molecule has 0 saturated carbocycles. The summed E-state index contributed by atoms with van der Waals surface area (Å²) in [6.07, 6.45) is 2.89. The summed E-state index contributed by atoms with van der Waals surface area (Å²) in [5, 5.41) is 8.97. The highest BCUT2D eigenvalue weighted by Gasteiger charge is 2.49. The molecule has 3 heterocycles. The van der Waals surface area contributed by atoms with Gasteiger partial charge in [0.05, 0.1) is 37.1 Å². The van der Waals surface area contributed by atoms with Crippen LogP contribution in [0.15, 0.2) is 0 Å². The SMILES string of the molecule is CC1CC(C)C(C)C(CO)O1.CC1CC(C)C2(C)OC(C)OCC2O1. The maximum absolute atomic E-state index is 8.97. The summed E-state index contributed by atoms with van der Waals surface area (Å²) < 4.78 is 22.8. The lowest BCUT2D eigenvalue weighted by Gasteiger charge is -2.51. The smallest absolute Gasteiger partial charge is 0.155 e. The summed E-state index contributed by atoms with van der Waals surface area (Å²) in [5.41, 5.74) is -0.163. The van der Waals surface area contributed by atoms with E-state index < -0.39 is 0 Å². The predicted molar refractivity (Wildman–Crippen MR) is 97.4 cm³/mol. The Bertz CT molecular complexity index is 417. The molecule has 3 rings (SSSR count). The fourth-order valence-electron chi connectivity index (χ4n) is 4.32. The second kappa shape index (κ2) is 8.66. The van der Waals surface area contributed by atoms with Crippen LogP contribution in [0.25, 0.3) is 0 Å². The van der Waals surface area contributed by atoms with E-state index in [1.807, 2.05) is 6.92 Å². The molecule has 0 aromatic carbocycles. The minimum Gasteiger partial charge on any atom is -0.394 e. The van der Waals surface area contributed by atoms with Gasteiger partial charge in [-0.05, 0) is 58.3 Å². The summed E-state index contributed by atoms with van der Waals surface area (Å²) in [4.78, 5) is 0. The van der Waals surface area contributed by atoms with Gasteiger partial charge in [-0.1, -0.05) is 20.8 Å². The van der Waals surface area contributed by atoms with Crippen LogP contribution < -0.4 is 0 Å². The molecule has 3 fully saturated rings. The van der Waals surface area contributed by atoms with E-state index in [-0.39, 0.29) is 30.7 Å². The quantitative estimate of drug-likeness (QED) is 0.779. The third kappa shape index (κ3) is 4.95. The lowest BCUT2D eigenvalue weighted by molar-refractivity contribution is -0.330. The average Bonchev–Trinajstić information content (AvgIpc) is 2.53. The van der Waals surface area contributed by atoms with E-state index in [0.29, 0.717) is 36.6 Å². The van der Waals surface area contributed by atoms with Crippen molar-refractivity contribution in [2.75, 3.05) is 13.2 Å². The number of hydrogen-bond acceptors (Lipinski definition) is 5. The number of hydrogen-bond donors (Lipinski definition) is 1. The summed E-state index contributed by atoms with van der Waals surface area (Å²) >= 11 is 0. The van der Waals surface area contributed by atoms with Gasteiger partial charge in [-0.3, -0.25) is 0 Å². The molecular weight excluding hydrogens is 320 g/mol. The van der Waals surface area contributed by atoms with E-state index in [1.54, 1.807) is 0 Å². The molecular formula is C20H38O5. The van der Waals surface area contributed by atoms with E-state index in [2.05, 4.69) is 41.5 Å². The third-order valence-electron chi connectivity index (χ3n) is 6.38. The molecule has 0 aromatic rings. The van der Waals surface area contributed by atoms with Crippen LogP contribution >= 0.6 is 0 Å². The van der Waals surface area contributed by atoms with Crippen molar-refractivity contribution in [3.63, 3.8) is 0 Å². The van der Waals surface area contributed by atoms with Crippen LogP contribution in [-0.2, 0) is 18.9 Å². The first-order valence-electron chi connectivity index (χ1n) is 9.88. The van der Waals surface area contributed by atoms with Crippen LogP contribution in [-0.4, -0.2) is 54.6 Å². The molecule has 0 aliphatic carbocycles. The summed E-state index contributed by atoms with van der Waals surface area (Å²) in [6, 6.07) is 0. The molecule has 148 valence electrons. The van der Waals surface area contributed by atoms with E-state index in [9.17, 15) is 0 Å². The molecule has 3 aliphatic rings. The fourth-order valence-corrected chi connectivity index (χ4v) is 4.32. The highest BCUT2D eigenvalue weighted by molar-refractivity contribution is 4.96. The van der Waals surface area contributed by atoms with Gasteiger partial charge in [-0.2, -0.15) is 0 Å². The Kier molecular flexibility index (Phi) is 7.31. The highest BCUT2D eigenvalue weighted by atomic mass is 16.7. The van der Waals surface area contributed by atoms with E-state index in [0.717, 1.165) is 12.8 Å². The Morgan fingerprint density at radius 1 is 0.960 bits per heavy atom. The summed E-state index contributed by atoms with van der Waals surface area (Å²) in [7, 11) is 0. The summed E-state index contributed by atoms with van der Waals surface area (Å²) in [6.45, 7) is 15.7. The lowest BCUT2D eigenvalue weighted by Crippen LogP contribution is -2.60. The van der Waals surface area contributed by atoms with Gasteiger partial charge >= 0.3 is 0 Å². The molecule has 0 spiro atoms. The first-order valence-corrected chi connectivity index (χ1v) is 9.88. The average molecular weight is 359 g/mol. The zero-order valence-corrected chi connectivity index (χ0v) is 17.0. The largest absolute Gasteiger partial charge is 0.394 e. The number of aliphatic hydroxyl groups is 1. The Morgan fingerprint density at radius 2 is 1.60 bits per heavy atom. The Labute approximate surface area is 153 Å². The summed E-state index contributed by atoms with van der Waals surface area (Å²) in [5.74, 6) is 1.70. The van der Waals surface area contributed by atoms with Gasteiger partial charge in [-0.15, -0.1) is 0 Å². The van der Waals surface area contributed by atoms with Gasteiger partial charge in [-0.25, -0.2) is 0 Å².